The van der Waals surface area contributed by atoms with E-state index in [9.17, 15) is 4.39 Å². The molecule has 0 saturated heterocycles. The van der Waals surface area contributed by atoms with Gasteiger partial charge in [-0.05, 0) is 64.6 Å². The van der Waals surface area contributed by atoms with E-state index in [0.717, 1.165) is 29.4 Å². The van der Waals surface area contributed by atoms with Crippen LogP contribution in [0.1, 0.15) is 30.5 Å². The Kier molecular flexibility index (Phi) is 6.40. The van der Waals surface area contributed by atoms with Crippen LogP contribution in [0.2, 0.25) is 0 Å². The Hall–Kier alpha value is -0.710. The van der Waals surface area contributed by atoms with Crippen molar-refractivity contribution < 1.29 is 4.39 Å². The summed E-state index contributed by atoms with van der Waals surface area (Å²) in [6.45, 7) is 3.08. The molecular formula is C17H18Br2FN. The molecule has 2 aromatic carbocycles. The van der Waals surface area contributed by atoms with Crippen molar-refractivity contribution in [2.24, 2.45) is 0 Å². The maximum Gasteiger partial charge on any atom is 0.137 e. The van der Waals surface area contributed by atoms with E-state index in [1.165, 1.54) is 11.6 Å². The second-order valence-electron chi connectivity index (χ2n) is 4.98. The summed E-state index contributed by atoms with van der Waals surface area (Å²) in [6.07, 6.45) is 1.92. The molecule has 0 saturated carbocycles. The molecule has 0 spiro atoms. The summed E-state index contributed by atoms with van der Waals surface area (Å²) in [5, 5.41) is 3.54. The minimum Gasteiger partial charge on any atom is -0.310 e. The summed E-state index contributed by atoms with van der Waals surface area (Å²) < 4.78 is 15.0. The molecule has 4 heteroatoms. The standard InChI is InChI=1S/C17H18Br2FN/c1-2-9-21-17(11-12-5-3-4-6-14(12)18)13-7-8-16(20)15(19)10-13/h3-8,10,17,21H,2,9,11H2,1H3. The molecule has 0 aliphatic rings. The Balaban J connectivity index is 2.25. The average molecular weight is 415 g/mol. The van der Waals surface area contributed by atoms with Crippen LogP contribution in [0.25, 0.3) is 0 Å². The fraction of sp³-hybridized carbons (Fsp3) is 0.294. The van der Waals surface area contributed by atoms with Crippen LogP contribution >= 0.6 is 31.9 Å². The molecule has 2 aromatic rings. The van der Waals surface area contributed by atoms with Crippen molar-refractivity contribution in [3.05, 3.63) is 68.4 Å². The third-order valence-corrected chi connectivity index (χ3v) is 4.75. The molecule has 2 rings (SSSR count). The van der Waals surface area contributed by atoms with Crippen LogP contribution < -0.4 is 5.32 Å². The Labute approximate surface area is 142 Å². The van der Waals surface area contributed by atoms with Crippen LogP contribution in [0.3, 0.4) is 0 Å². The Bertz CT molecular complexity index is 601. The van der Waals surface area contributed by atoms with Gasteiger partial charge in [0.1, 0.15) is 5.82 Å². The predicted molar refractivity (Wildman–Crippen MR) is 93.0 cm³/mol. The van der Waals surface area contributed by atoms with Crippen LogP contribution in [0.5, 0.6) is 0 Å². The number of hydrogen-bond donors (Lipinski definition) is 1. The van der Waals surface area contributed by atoms with E-state index in [2.05, 4.69) is 50.2 Å². The predicted octanol–water partition coefficient (Wildman–Crippen LogP) is 5.63. The Morgan fingerprint density at radius 2 is 1.86 bits per heavy atom. The summed E-state index contributed by atoms with van der Waals surface area (Å²) >= 11 is 6.86. The molecule has 0 aliphatic carbocycles. The zero-order chi connectivity index (χ0) is 15.2. The summed E-state index contributed by atoms with van der Waals surface area (Å²) in [5.41, 5.74) is 2.33. The molecule has 1 N–H and O–H groups in total. The summed E-state index contributed by atoms with van der Waals surface area (Å²) in [4.78, 5) is 0. The zero-order valence-electron chi connectivity index (χ0n) is 11.9. The fourth-order valence-corrected chi connectivity index (χ4v) is 3.08. The van der Waals surface area contributed by atoms with Gasteiger partial charge in [-0.15, -0.1) is 0 Å². The van der Waals surface area contributed by atoms with Gasteiger partial charge in [-0.1, -0.05) is 47.1 Å². The molecule has 0 fully saturated rings. The number of halogens is 3. The molecule has 0 aliphatic heterocycles. The van der Waals surface area contributed by atoms with Gasteiger partial charge in [0.05, 0.1) is 4.47 Å². The maximum absolute atomic E-state index is 13.4. The Morgan fingerprint density at radius 1 is 1.10 bits per heavy atom. The van der Waals surface area contributed by atoms with Crippen molar-refractivity contribution in [2.75, 3.05) is 6.54 Å². The van der Waals surface area contributed by atoms with Crippen LogP contribution in [0, 0.1) is 5.82 Å². The minimum absolute atomic E-state index is 0.167. The van der Waals surface area contributed by atoms with Gasteiger partial charge in [0.25, 0.3) is 0 Å². The van der Waals surface area contributed by atoms with E-state index in [4.69, 9.17) is 0 Å². The third-order valence-electron chi connectivity index (χ3n) is 3.37. The van der Waals surface area contributed by atoms with Gasteiger partial charge in [0.15, 0.2) is 0 Å². The zero-order valence-corrected chi connectivity index (χ0v) is 15.0. The maximum atomic E-state index is 13.4. The van der Waals surface area contributed by atoms with Gasteiger partial charge in [0.2, 0.25) is 0 Å². The van der Waals surface area contributed by atoms with Gasteiger partial charge in [-0.2, -0.15) is 0 Å². The van der Waals surface area contributed by atoms with E-state index in [1.54, 1.807) is 0 Å². The molecular weight excluding hydrogens is 397 g/mol. The normalized spacial score (nSPS) is 12.4. The lowest BCUT2D eigenvalue weighted by Crippen LogP contribution is -2.24. The first-order chi connectivity index (χ1) is 10.1. The first-order valence-electron chi connectivity index (χ1n) is 7.03. The Morgan fingerprint density at radius 3 is 2.52 bits per heavy atom. The monoisotopic (exact) mass is 413 g/mol. The van der Waals surface area contributed by atoms with E-state index >= 15 is 0 Å². The third kappa shape index (κ3) is 4.63. The molecule has 0 radical (unpaired) electrons. The lowest BCUT2D eigenvalue weighted by Gasteiger charge is -2.20. The van der Waals surface area contributed by atoms with E-state index in [0.29, 0.717) is 4.47 Å². The van der Waals surface area contributed by atoms with Crippen LogP contribution in [-0.2, 0) is 6.42 Å². The quantitative estimate of drug-likeness (QED) is 0.645. The van der Waals surface area contributed by atoms with E-state index in [1.807, 2.05) is 30.3 Å². The lowest BCUT2D eigenvalue weighted by molar-refractivity contribution is 0.526. The van der Waals surface area contributed by atoms with Crippen LogP contribution in [0.15, 0.2) is 51.4 Å². The van der Waals surface area contributed by atoms with Crippen molar-refractivity contribution in [1.82, 2.24) is 5.32 Å². The average Bonchev–Trinajstić information content (AvgIpc) is 2.48. The first kappa shape index (κ1) is 16.7. The van der Waals surface area contributed by atoms with Gasteiger partial charge < -0.3 is 5.32 Å². The molecule has 1 unspecified atom stereocenters. The highest BCUT2D eigenvalue weighted by Gasteiger charge is 2.14. The number of rotatable bonds is 6. The molecule has 0 bridgehead atoms. The second-order valence-corrected chi connectivity index (χ2v) is 6.68. The van der Waals surface area contributed by atoms with E-state index < -0.39 is 0 Å². The number of nitrogens with one attached hydrogen (secondary N) is 1. The van der Waals surface area contributed by atoms with Crippen LogP contribution in [0.4, 0.5) is 4.39 Å². The van der Waals surface area contributed by atoms with Crippen molar-refractivity contribution >= 4 is 31.9 Å². The topological polar surface area (TPSA) is 12.0 Å². The summed E-state index contributed by atoms with van der Waals surface area (Å²) in [6, 6.07) is 13.6. The molecule has 1 nitrogen and oxygen atoms in total. The van der Waals surface area contributed by atoms with E-state index in [-0.39, 0.29) is 11.9 Å². The molecule has 112 valence electrons. The van der Waals surface area contributed by atoms with Crippen molar-refractivity contribution in [3.8, 4) is 0 Å². The molecule has 21 heavy (non-hydrogen) atoms. The van der Waals surface area contributed by atoms with Gasteiger partial charge in [-0.3, -0.25) is 0 Å². The van der Waals surface area contributed by atoms with Gasteiger partial charge in [-0.25, -0.2) is 4.39 Å². The van der Waals surface area contributed by atoms with Crippen molar-refractivity contribution in [1.29, 1.82) is 0 Å². The highest BCUT2D eigenvalue weighted by molar-refractivity contribution is 9.10. The highest BCUT2D eigenvalue weighted by Crippen LogP contribution is 2.26. The van der Waals surface area contributed by atoms with Crippen molar-refractivity contribution in [3.63, 3.8) is 0 Å². The lowest BCUT2D eigenvalue weighted by atomic mass is 9.98. The molecule has 0 aromatic heterocycles. The molecule has 0 amide bonds. The molecule has 0 heterocycles. The SMILES string of the molecule is CCCNC(Cc1ccccc1Br)c1ccc(F)c(Br)c1. The number of hydrogen-bond acceptors (Lipinski definition) is 1. The van der Waals surface area contributed by atoms with Gasteiger partial charge in [0, 0.05) is 10.5 Å². The van der Waals surface area contributed by atoms with Gasteiger partial charge >= 0.3 is 0 Å². The highest BCUT2D eigenvalue weighted by atomic mass is 79.9. The van der Waals surface area contributed by atoms with Crippen molar-refractivity contribution in [2.45, 2.75) is 25.8 Å². The first-order valence-corrected chi connectivity index (χ1v) is 8.62. The second kappa shape index (κ2) is 8.06. The minimum atomic E-state index is -0.228. The smallest absolute Gasteiger partial charge is 0.137 e. The van der Waals surface area contributed by atoms with Crippen LogP contribution in [-0.4, -0.2) is 6.54 Å². The molecule has 1 atom stereocenters. The summed E-state index contributed by atoms with van der Waals surface area (Å²) in [7, 11) is 0. The number of benzene rings is 2. The summed E-state index contributed by atoms with van der Waals surface area (Å²) in [5.74, 6) is -0.228. The largest absolute Gasteiger partial charge is 0.310 e. The fourth-order valence-electron chi connectivity index (χ4n) is 2.24.